The van der Waals surface area contributed by atoms with Gasteiger partial charge in [0, 0.05) is 5.54 Å². The first-order valence-electron chi connectivity index (χ1n) is 4.25. The lowest BCUT2D eigenvalue weighted by Gasteiger charge is -2.19. The highest BCUT2D eigenvalue weighted by Gasteiger charge is 2.20. The van der Waals surface area contributed by atoms with E-state index in [1.807, 2.05) is 0 Å². The summed E-state index contributed by atoms with van der Waals surface area (Å²) in [6.45, 7) is 5.22. The van der Waals surface area contributed by atoms with Crippen LogP contribution in [0.1, 0.15) is 27.2 Å². The second kappa shape index (κ2) is 4.75. The molecule has 0 saturated heterocycles. The molecular formula is C8H17NO4S. The molecule has 14 heavy (non-hydrogen) atoms. The van der Waals surface area contributed by atoms with Crippen molar-refractivity contribution in [2.75, 3.05) is 12.9 Å². The number of rotatable bonds is 4. The van der Waals surface area contributed by atoms with Gasteiger partial charge in [-0.05, 0) is 20.8 Å². The Labute approximate surface area is 84.9 Å². The molecule has 0 aromatic heterocycles. The first-order chi connectivity index (χ1) is 6.16. The van der Waals surface area contributed by atoms with Crippen LogP contribution in [0.5, 0.6) is 0 Å². The van der Waals surface area contributed by atoms with Crippen LogP contribution in [-0.2, 0) is 19.6 Å². The van der Waals surface area contributed by atoms with Gasteiger partial charge in [0.25, 0.3) is 0 Å². The number of hydrogen-bond donors (Lipinski definition) is 1. The molecule has 0 aromatic carbocycles. The van der Waals surface area contributed by atoms with Crippen LogP contribution in [0.15, 0.2) is 0 Å². The van der Waals surface area contributed by atoms with Crippen LogP contribution < -0.4 is 4.72 Å². The van der Waals surface area contributed by atoms with Gasteiger partial charge in [0.15, 0.2) is 0 Å². The summed E-state index contributed by atoms with van der Waals surface area (Å²) in [5.41, 5.74) is -0.519. The molecular weight excluding hydrogens is 206 g/mol. The summed E-state index contributed by atoms with van der Waals surface area (Å²) >= 11 is 0. The quantitative estimate of drug-likeness (QED) is 0.694. The molecule has 0 radical (unpaired) electrons. The van der Waals surface area contributed by atoms with Crippen molar-refractivity contribution in [2.24, 2.45) is 0 Å². The van der Waals surface area contributed by atoms with Gasteiger partial charge in [-0.25, -0.2) is 13.1 Å². The Morgan fingerprint density at radius 2 is 1.86 bits per heavy atom. The summed E-state index contributed by atoms with van der Waals surface area (Å²) in [7, 11) is -2.17. The molecule has 0 amide bonds. The average Bonchev–Trinajstić information content (AvgIpc) is 1.96. The Balaban J connectivity index is 4.17. The largest absolute Gasteiger partial charge is 0.469 e. The molecule has 0 saturated carbocycles. The van der Waals surface area contributed by atoms with Crippen LogP contribution in [0, 0.1) is 0 Å². The van der Waals surface area contributed by atoms with Gasteiger partial charge >= 0.3 is 5.97 Å². The number of nitrogens with one attached hydrogen (secondary N) is 1. The molecule has 0 aromatic rings. The molecule has 0 aliphatic carbocycles. The van der Waals surface area contributed by atoms with Crippen molar-refractivity contribution in [1.29, 1.82) is 0 Å². The minimum atomic E-state index is -3.40. The SMILES string of the molecule is COC(=O)CCS(=O)(=O)NC(C)(C)C. The molecule has 0 rings (SSSR count). The lowest BCUT2D eigenvalue weighted by Crippen LogP contribution is -2.42. The van der Waals surface area contributed by atoms with E-state index in [-0.39, 0.29) is 12.2 Å². The molecule has 0 spiro atoms. The number of esters is 1. The fraction of sp³-hybridized carbons (Fsp3) is 0.875. The van der Waals surface area contributed by atoms with Crippen molar-refractivity contribution in [3.05, 3.63) is 0 Å². The maximum atomic E-state index is 11.3. The molecule has 0 unspecified atom stereocenters. The third-order valence-corrected chi connectivity index (χ3v) is 2.93. The second-order valence-electron chi connectivity index (χ2n) is 4.00. The monoisotopic (exact) mass is 223 g/mol. The number of hydrogen-bond acceptors (Lipinski definition) is 4. The van der Waals surface area contributed by atoms with Gasteiger partial charge < -0.3 is 4.74 Å². The molecule has 0 heterocycles. The maximum absolute atomic E-state index is 11.3. The van der Waals surface area contributed by atoms with E-state index < -0.39 is 21.5 Å². The second-order valence-corrected chi connectivity index (χ2v) is 5.84. The summed E-state index contributed by atoms with van der Waals surface area (Å²) in [5, 5.41) is 0. The molecule has 84 valence electrons. The van der Waals surface area contributed by atoms with Gasteiger partial charge in [0.05, 0.1) is 19.3 Å². The van der Waals surface area contributed by atoms with Crippen molar-refractivity contribution in [1.82, 2.24) is 4.72 Å². The number of carbonyl (C=O) groups excluding carboxylic acids is 1. The number of methoxy groups -OCH3 is 1. The summed E-state index contributed by atoms with van der Waals surface area (Å²) in [6, 6.07) is 0. The summed E-state index contributed by atoms with van der Waals surface area (Å²) in [5.74, 6) is -0.763. The molecule has 6 heteroatoms. The van der Waals surface area contributed by atoms with E-state index in [1.54, 1.807) is 20.8 Å². The topological polar surface area (TPSA) is 72.5 Å². The van der Waals surface area contributed by atoms with Crippen molar-refractivity contribution >= 4 is 16.0 Å². The van der Waals surface area contributed by atoms with E-state index in [0.29, 0.717) is 0 Å². The van der Waals surface area contributed by atoms with Crippen molar-refractivity contribution in [3.8, 4) is 0 Å². The predicted molar refractivity (Wildman–Crippen MR) is 53.3 cm³/mol. The minimum absolute atomic E-state index is 0.123. The Morgan fingerprint density at radius 3 is 2.21 bits per heavy atom. The lowest BCUT2D eigenvalue weighted by molar-refractivity contribution is -0.140. The van der Waals surface area contributed by atoms with Gasteiger partial charge in [-0.3, -0.25) is 4.79 Å². The van der Waals surface area contributed by atoms with Gasteiger partial charge in [0.2, 0.25) is 10.0 Å². The van der Waals surface area contributed by atoms with E-state index in [4.69, 9.17) is 0 Å². The smallest absolute Gasteiger partial charge is 0.306 e. The fourth-order valence-electron chi connectivity index (χ4n) is 0.837. The summed E-state index contributed by atoms with van der Waals surface area (Å²) in [6.07, 6.45) is -0.123. The average molecular weight is 223 g/mol. The Bertz CT molecular complexity index is 289. The molecule has 0 bridgehead atoms. The van der Waals surface area contributed by atoms with E-state index in [9.17, 15) is 13.2 Å². The first-order valence-corrected chi connectivity index (χ1v) is 5.90. The maximum Gasteiger partial charge on any atom is 0.306 e. The van der Waals surface area contributed by atoms with Gasteiger partial charge in [0.1, 0.15) is 0 Å². The van der Waals surface area contributed by atoms with Gasteiger partial charge in [-0.1, -0.05) is 0 Å². The van der Waals surface area contributed by atoms with Crippen molar-refractivity contribution < 1.29 is 17.9 Å². The zero-order valence-corrected chi connectivity index (χ0v) is 9.77. The Morgan fingerprint density at radius 1 is 1.36 bits per heavy atom. The highest BCUT2D eigenvalue weighted by Crippen LogP contribution is 2.03. The van der Waals surface area contributed by atoms with Crippen LogP contribution in [0.4, 0.5) is 0 Å². The van der Waals surface area contributed by atoms with Crippen molar-refractivity contribution in [3.63, 3.8) is 0 Å². The van der Waals surface area contributed by atoms with Crippen LogP contribution in [0.25, 0.3) is 0 Å². The zero-order valence-electron chi connectivity index (χ0n) is 8.96. The lowest BCUT2D eigenvalue weighted by atomic mass is 10.1. The van der Waals surface area contributed by atoms with E-state index >= 15 is 0 Å². The molecule has 0 aliphatic heterocycles. The zero-order chi connectivity index (χ0) is 11.4. The van der Waals surface area contributed by atoms with E-state index in [0.717, 1.165) is 0 Å². The third kappa shape index (κ3) is 6.85. The molecule has 5 nitrogen and oxygen atoms in total. The molecule has 0 aliphatic rings. The molecule has 0 atom stereocenters. The standard InChI is InChI=1S/C8H17NO4S/c1-8(2,3)9-14(11,12)6-5-7(10)13-4/h9H,5-6H2,1-4H3. The Kier molecular flexibility index (Phi) is 4.54. The normalized spacial score (nSPS) is 12.6. The molecule has 0 fully saturated rings. The van der Waals surface area contributed by atoms with Crippen molar-refractivity contribution in [2.45, 2.75) is 32.7 Å². The minimum Gasteiger partial charge on any atom is -0.469 e. The van der Waals surface area contributed by atoms with E-state index in [2.05, 4.69) is 9.46 Å². The van der Waals surface area contributed by atoms with E-state index in [1.165, 1.54) is 7.11 Å². The summed E-state index contributed by atoms with van der Waals surface area (Å²) < 4.78 is 29.5. The first kappa shape index (κ1) is 13.4. The highest BCUT2D eigenvalue weighted by molar-refractivity contribution is 7.89. The number of ether oxygens (including phenoxy) is 1. The van der Waals surface area contributed by atoms with Gasteiger partial charge in [-0.2, -0.15) is 0 Å². The number of carbonyl (C=O) groups is 1. The molecule has 1 N–H and O–H groups in total. The number of sulfonamides is 1. The predicted octanol–water partition coefficient (Wildman–Crippen LogP) is 0.267. The van der Waals surface area contributed by atoms with Crippen LogP contribution in [0.3, 0.4) is 0 Å². The Hall–Kier alpha value is -0.620. The van der Waals surface area contributed by atoms with Crippen LogP contribution in [-0.4, -0.2) is 32.8 Å². The van der Waals surface area contributed by atoms with Crippen LogP contribution in [0.2, 0.25) is 0 Å². The van der Waals surface area contributed by atoms with Gasteiger partial charge in [-0.15, -0.1) is 0 Å². The fourth-order valence-corrected chi connectivity index (χ4v) is 2.31. The van der Waals surface area contributed by atoms with Crippen LogP contribution >= 0.6 is 0 Å². The summed E-state index contributed by atoms with van der Waals surface area (Å²) in [4.78, 5) is 10.7. The highest BCUT2D eigenvalue weighted by atomic mass is 32.2. The third-order valence-electron chi connectivity index (χ3n) is 1.26.